The highest BCUT2D eigenvalue weighted by Crippen LogP contribution is 2.28. The fourth-order valence-corrected chi connectivity index (χ4v) is 3.37. The molecule has 2 fully saturated rings. The van der Waals surface area contributed by atoms with Crippen LogP contribution in [-0.4, -0.2) is 41.4 Å². The van der Waals surface area contributed by atoms with E-state index in [1.54, 1.807) is 6.92 Å². The van der Waals surface area contributed by atoms with Crippen LogP contribution in [0.15, 0.2) is 0 Å². The second kappa shape index (κ2) is 6.57. The van der Waals surface area contributed by atoms with Crippen LogP contribution in [0.5, 0.6) is 0 Å². The molecule has 5 heteroatoms. The average molecular weight is 281 g/mol. The number of nitrogens with zero attached hydrogens (tertiary/aromatic N) is 1. The molecule has 0 radical (unpaired) electrons. The molecule has 1 saturated heterocycles. The molecule has 0 aromatic carbocycles. The van der Waals surface area contributed by atoms with Gasteiger partial charge in [0.05, 0.1) is 0 Å². The van der Waals surface area contributed by atoms with E-state index in [0.29, 0.717) is 6.42 Å². The van der Waals surface area contributed by atoms with E-state index in [4.69, 9.17) is 5.73 Å². The lowest BCUT2D eigenvalue weighted by molar-refractivity contribution is -0.130. The Kier molecular flexibility index (Phi) is 5.02. The van der Waals surface area contributed by atoms with Gasteiger partial charge in [0.1, 0.15) is 0 Å². The highest BCUT2D eigenvalue weighted by Gasteiger charge is 2.31. The van der Waals surface area contributed by atoms with E-state index in [1.807, 2.05) is 4.90 Å². The van der Waals surface area contributed by atoms with Gasteiger partial charge in [0.25, 0.3) is 0 Å². The van der Waals surface area contributed by atoms with Crippen LogP contribution in [0.3, 0.4) is 0 Å². The number of nitrogens with two attached hydrogens (primary N) is 1. The van der Waals surface area contributed by atoms with Crippen molar-refractivity contribution < 1.29 is 9.59 Å². The normalized spacial score (nSPS) is 23.4. The Labute approximate surface area is 121 Å². The van der Waals surface area contributed by atoms with Crippen LogP contribution in [0.2, 0.25) is 0 Å². The molecule has 5 nitrogen and oxygen atoms in total. The van der Waals surface area contributed by atoms with Crippen molar-refractivity contribution >= 4 is 11.8 Å². The van der Waals surface area contributed by atoms with E-state index in [-0.39, 0.29) is 23.4 Å². The van der Waals surface area contributed by atoms with Crippen molar-refractivity contribution in [2.45, 2.75) is 69.9 Å². The summed E-state index contributed by atoms with van der Waals surface area (Å²) in [6, 6.07) is 0.199. The molecule has 0 spiro atoms. The van der Waals surface area contributed by atoms with E-state index in [2.05, 4.69) is 5.32 Å². The van der Waals surface area contributed by atoms with Gasteiger partial charge in [-0.2, -0.15) is 0 Å². The lowest BCUT2D eigenvalue weighted by Crippen LogP contribution is -2.50. The van der Waals surface area contributed by atoms with Crippen molar-refractivity contribution in [1.29, 1.82) is 0 Å². The molecule has 114 valence electrons. The average Bonchev–Trinajstić information content (AvgIpc) is 2.39. The maximum atomic E-state index is 12.1. The summed E-state index contributed by atoms with van der Waals surface area (Å²) < 4.78 is 0. The first-order chi connectivity index (χ1) is 9.48. The topological polar surface area (TPSA) is 75.4 Å². The van der Waals surface area contributed by atoms with Gasteiger partial charge in [-0.3, -0.25) is 9.59 Å². The first-order valence-corrected chi connectivity index (χ1v) is 7.82. The Morgan fingerprint density at radius 2 is 1.80 bits per heavy atom. The van der Waals surface area contributed by atoms with Crippen LogP contribution in [-0.2, 0) is 9.59 Å². The largest absolute Gasteiger partial charge is 0.353 e. The Bertz CT molecular complexity index is 356. The van der Waals surface area contributed by atoms with Crippen LogP contribution in [0.4, 0.5) is 0 Å². The summed E-state index contributed by atoms with van der Waals surface area (Å²) in [5.41, 5.74) is 6.02. The fraction of sp³-hybridized carbons (Fsp3) is 0.867. The number of carbonyl (C=O) groups is 2. The predicted molar refractivity (Wildman–Crippen MR) is 78.0 cm³/mol. The zero-order valence-electron chi connectivity index (χ0n) is 12.5. The Balaban J connectivity index is 1.74. The standard InChI is InChI=1S/C15H27N3O2/c1-12(19)18-9-5-13(6-10-18)17-14(20)11-15(16)7-3-2-4-8-15/h13H,2-11,16H2,1H3,(H,17,20). The van der Waals surface area contributed by atoms with Crippen molar-refractivity contribution in [2.24, 2.45) is 5.73 Å². The summed E-state index contributed by atoms with van der Waals surface area (Å²) in [4.78, 5) is 25.2. The number of nitrogens with one attached hydrogen (secondary N) is 1. The van der Waals surface area contributed by atoms with Crippen molar-refractivity contribution in [3.8, 4) is 0 Å². The molecule has 1 heterocycles. The molecule has 0 aromatic heterocycles. The van der Waals surface area contributed by atoms with Gasteiger partial charge >= 0.3 is 0 Å². The number of hydrogen-bond acceptors (Lipinski definition) is 3. The summed E-state index contributed by atoms with van der Waals surface area (Å²) in [6.45, 7) is 3.09. The lowest BCUT2D eigenvalue weighted by atomic mass is 9.80. The van der Waals surface area contributed by atoms with Gasteiger partial charge in [-0.1, -0.05) is 19.3 Å². The molecule has 0 aromatic rings. The predicted octanol–water partition coefficient (Wildman–Crippen LogP) is 1.17. The van der Waals surface area contributed by atoms with Gasteiger partial charge in [0.15, 0.2) is 0 Å². The quantitative estimate of drug-likeness (QED) is 0.815. The van der Waals surface area contributed by atoms with Crippen LogP contribution in [0.1, 0.15) is 58.3 Å². The van der Waals surface area contributed by atoms with E-state index >= 15 is 0 Å². The molecule has 0 unspecified atom stereocenters. The van der Waals surface area contributed by atoms with Crippen LogP contribution < -0.4 is 11.1 Å². The minimum absolute atomic E-state index is 0.0793. The van der Waals surface area contributed by atoms with Crippen molar-refractivity contribution in [2.75, 3.05) is 13.1 Å². The summed E-state index contributed by atoms with van der Waals surface area (Å²) in [6.07, 6.45) is 7.59. The highest BCUT2D eigenvalue weighted by molar-refractivity contribution is 5.77. The molecular weight excluding hydrogens is 254 g/mol. The van der Waals surface area contributed by atoms with Gasteiger partial charge in [-0.25, -0.2) is 0 Å². The third-order valence-corrected chi connectivity index (χ3v) is 4.67. The molecule has 2 aliphatic rings. The van der Waals surface area contributed by atoms with Gasteiger partial charge in [-0.05, 0) is 25.7 Å². The summed E-state index contributed by atoms with van der Waals surface area (Å²) >= 11 is 0. The Morgan fingerprint density at radius 3 is 2.35 bits per heavy atom. The minimum atomic E-state index is -0.289. The monoisotopic (exact) mass is 281 g/mol. The molecule has 0 atom stereocenters. The number of likely N-dealkylation sites (tertiary alicyclic amines) is 1. The van der Waals surface area contributed by atoms with Gasteiger partial charge in [-0.15, -0.1) is 0 Å². The van der Waals surface area contributed by atoms with Crippen LogP contribution >= 0.6 is 0 Å². The molecule has 1 saturated carbocycles. The SMILES string of the molecule is CC(=O)N1CCC(NC(=O)CC2(N)CCCCC2)CC1. The molecule has 20 heavy (non-hydrogen) atoms. The second-order valence-electron chi connectivity index (χ2n) is 6.45. The van der Waals surface area contributed by atoms with Gasteiger partial charge in [0, 0.05) is 38.0 Å². The molecule has 2 amide bonds. The third kappa shape index (κ3) is 4.20. The summed E-state index contributed by atoms with van der Waals surface area (Å²) in [5, 5.41) is 3.09. The lowest BCUT2D eigenvalue weighted by Gasteiger charge is -2.35. The molecule has 0 bridgehead atoms. The Morgan fingerprint density at radius 1 is 1.20 bits per heavy atom. The van der Waals surface area contributed by atoms with Gasteiger partial charge < -0.3 is 16.0 Å². The molecule has 3 N–H and O–H groups in total. The smallest absolute Gasteiger partial charge is 0.222 e. The summed E-state index contributed by atoms with van der Waals surface area (Å²) in [7, 11) is 0. The van der Waals surface area contributed by atoms with Gasteiger partial charge in [0.2, 0.25) is 11.8 Å². The molecule has 2 rings (SSSR count). The maximum Gasteiger partial charge on any atom is 0.222 e. The number of carbonyl (C=O) groups excluding carboxylic acids is 2. The zero-order chi connectivity index (χ0) is 14.6. The Hall–Kier alpha value is -1.10. The van der Waals surface area contributed by atoms with E-state index in [1.165, 1.54) is 6.42 Å². The first-order valence-electron chi connectivity index (χ1n) is 7.82. The van der Waals surface area contributed by atoms with Crippen molar-refractivity contribution in [3.05, 3.63) is 0 Å². The second-order valence-corrected chi connectivity index (χ2v) is 6.45. The van der Waals surface area contributed by atoms with E-state index in [9.17, 15) is 9.59 Å². The number of rotatable bonds is 3. The van der Waals surface area contributed by atoms with E-state index in [0.717, 1.165) is 51.6 Å². The number of piperidine rings is 1. The van der Waals surface area contributed by atoms with Crippen LogP contribution in [0, 0.1) is 0 Å². The van der Waals surface area contributed by atoms with Crippen molar-refractivity contribution in [3.63, 3.8) is 0 Å². The number of hydrogen-bond donors (Lipinski definition) is 2. The van der Waals surface area contributed by atoms with Crippen LogP contribution in [0.25, 0.3) is 0 Å². The van der Waals surface area contributed by atoms with E-state index < -0.39 is 0 Å². The number of amides is 2. The minimum Gasteiger partial charge on any atom is -0.353 e. The molecule has 1 aliphatic carbocycles. The molecule has 1 aliphatic heterocycles. The summed E-state index contributed by atoms with van der Waals surface area (Å²) in [5.74, 6) is 0.202. The third-order valence-electron chi connectivity index (χ3n) is 4.67. The zero-order valence-corrected chi connectivity index (χ0v) is 12.5. The highest BCUT2D eigenvalue weighted by atomic mass is 16.2. The van der Waals surface area contributed by atoms with Crippen molar-refractivity contribution in [1.82, 2.24) is 10.2 Å². The fourth-order valence-electron chi connectivity index (χ4n) is 3.37. The molecular formula is C15H27N3O2. The first kappa shape index (κ1) is 15.3. The maximum absolute atomic E-state index is 12.1.